The summed E-state index contributed by atoms with van der Waals surface area (Å²) in [4.78, 5) is 20.4. The third-order valence-electron chi connectivity index (χ3n) is 6.32. The molecule has 29 heavy (non-hydrogen) atoms. The number of carbonyl (C=O) groups is 1. The van der Waals surface area contributed by atoms with Crippen molar-refractivity contribution in [2.75, 3.05) is 16.4 Å². The highest BCUT2D eigenvalue weighted by atomic mass is 32.2. The number of carbonyl (C=O) groups excluding carboxylic acids is 1. The second-order valence-electron chi connectivity index (χ2n) is 8.02. The third-order valence-corrected chi connectivity index (χ3v) is 7.79. The number of fused-ring (bicyclic) bond motifs is 5. The molecule has 2 heterocycles. The molecule has 7 nitrogen and oxygen atoms in total. The zero-order valence-corrected chi connectivity index (χ0v) is 16.4. The molecule has 1 aliphatic heterocycles. The Morgan fingerprint density at radius 1 is 1.34 bits per heavy atom. The first-order valence-corrected chi connectivity index (χ1v) is 10.8. The molecule has 1 aromatic carbocycles. The van der Waals surface area contributed by atoms with Gasteiger partial charge in [-0.05, 0) is 42.4 Å². The van der Waals surface area contributed by atoms with Gasteiger partial charge in [0.1, 0.15) is 0 Å². The lowest BCUT2D eigenvalue weighted by molar-refractivity contribution is -0.123. The van der Waals surface area contributed by atoms with Crippen molar-refractivity contribution in [3.63, 3.8) is 0 Å². The van der Waals surface area contributed by atoms with E-state index in [1.807, 2.05) is 24.3 Å². The SMILES string of the molecule is NC(=O)[C@H]1[C@@H]2C[C@H]3[C@H]1Nc1nc(ncc1F)Nc1cccc(c1)[C@@H](O)CS[C@@H]3C2. The van der Waals surface area contributed by atoms with Crippen molar-refractivity contribution in [2.45, 2.75) is 30.2 Å². The second kappa shape index (κ2) is 7.14. The highest BCUT2D eigenvalue weighted by Gasteiger charge is 2.55. The van der Waals surface area contributed by atoms with Crippen LogP contribution in [0.15, 0.2) is 30.5 Å². The number of amides is 1. The monoisotopic (exact) mass is 415 g/mol. The number of aliphatic hydroxyl groups is 1. The molecule has 0 radical (unpaired) electrons. The molecule has 9 heteroatoms. The van der Waals surface area contributed by atoms with E-state index in [9.17, 15) is 14.3 Å². The van der Waals surface area contributed by atoms with Crippen molar-refractivity contribution in [2.24, 2.45) is 23.5 Å². The first kappa shape index (κ1) is 18.6. The predicted octanol–water partition coefficient (Wildman–Crippen LogP) is 2.43. The van der Waals surface area contributed by atoms with E-state index in [0.717, 1.165) is 24.6 Å². The van der Waals surface area contributed by atoms with Crippen LogP contribution in [0.1, 0.15) is 24.5 Å². The number of primary amides is 1. The molecule has 0 spiro atoms. The number of aliphatic hydroxyl groups excluding tert-OH is 1. The van der Waals surface area contributed by atoms with Gasteiger partial charge in [-0.1, -0.05) is 12.1 Å². The minimum atomic E-state index is -0.605. The van der Waals surface area contributed by atoms with Crippen molar-refractivity contribution in [3.05, 3.63) is 41.8 Å². The smallest absolute Gasteiger partial charge is 0.229 e. The molecule has 2 fully saturated rings. The lowest BCUT2D eigenvalue weighted by atomic mass is 9.83. The molecule has 5 N–H and O–H groups in total. The molecule has 152 valence electrons. The van der Waals surface area contributed by atoms with Gasteiger partial charge in [0.2, 0.25) is 11.9 Å². The van der Waals surface area contributed by atoms with Gasteiger partial charge in [-0.2, -0.15) is 16.7 Å². The Kier molecular flexibility index (Phi) is 4.59. The summed E-state index contributed by atoms with van der Waals surface area (Å²) in [6, 6.07) is 7.14. The number of benzene rings is 1. The molecule has 2 saturated carbocycles. The van der Waals surface area contributed by atoms with Crippen LogP contribution in [0.2, 0.25) is 0 Å². The number of nitrogens with two attached hydrogens (primary N) is 1. The average molecular weight is 415 g/mol. The molecule has 2 aromatic rings. The van der Waals surface area contributed by atoms with Crippen molar-refractivity contribution in [1.29, 1.82) is 0 Å². The van der Waals surface area contributed by atoms with Crippen LogP contribution < -0.4 is 16.4 Å². The highest BCUT2D eigenvalue weighted by molar-refractivity contribution is 7.99. The van der Waals surface area contributed by atoms with Gasteiger partial charge >= 0.3 is 0 Å². The van der Waals surface area contributed by atoms with Gasteiger partial charge in [0.25, 0.3) is 0 Å². The number of hydrogen-bond donors (Lipinski definition) is 4. The van der Waals surface area contributed by atoms with Crippen LogP contribution in [0.3, 0.4) is 0 Å². The molecule has 6 atom stereocenters. The van der Waals surface area contributed by atoms with Crippen LogP contribution in [0.25, 0.3) is 0 Å². The zero-order valence-electron chi connectivity index (χ0n) is 15.6. The number of hydrogen-bond acceptors (Lipinski definition) is 7. The maximum Gasteiger partial charge on any atom is 0.229 e. The van der Waals surface area contributed by atoms with E-state index < -0.39 is 11.9 Å². The summed E-state index contributed by atoms with van der Waals surface area (Å²) < 4.78 is 14.5. The van der Waals surface area contributed by atoms with E-state index in [4.69, 9.17) is 5.73 Å². The molecular weight excluding hydrogens is 393 g/mol. The first-order valence-electron chi connectivity index (χ1n) is 9.74. The van der Waals surface area contributed by atoms with Crippen LogP contribution in [0.5, 0.6) is 0 Å². The number of rotatable bonds is 1. The summed E-state index contributed by atoms with van der Waals surface area (Å²) in [6.45, 7) is 0. The summed E-state index contributed by atoms with van der Waals surface area (Å²) in [7, 11) is 0. The van der Waals surface area contributed by atoms with Crippen LogP contribution >= 0.6 is 11.8 Å². The van der Waals surface area contributed by atoms with Crippen molar-refractivity contribution in [1.82, 2.24) is 9.97 Å². The minimum Gasteiger partial charge on any atom is -0.388 e. The van der Waals surface area contributed by atoms with E-state index in [-0.39, 0.29) is 46.7 Å². The molecule has 5 rings (SSSR count). The lowest BCUT2D eigenvalue weighted by Crippen LogP contribution is -2.46. The fourth-order valence-electron chi connectivity index (χ4n) is 5.05. The Bertz CT molecular complexity index is 960. The molecule has 3 aliphatic rings. The molecular formula is C20H22FN5O2S. The Morgan fingerprint density at radius 3 is 3.03 bits per heavy atom. The summed E-state index contributed by atoms with van der Waals surface area (Å²) in [5, 5.41) is 17.2. The zero-order chi connectivity index (χ0) is 20.1. The normalized spacial score (nSPS) is 32.8. The fourth-order valence-corrected chi connectivity index (χ4v) is 6.58. The lowest BCUT2D eigenvalue weighted by Gasteiger charge is -2.35. The van der Waals surface area contributed by atoms with E-state index in [1.54, 1.807) is 11.8 Å². The maximum atomic E-state index is 14.5. The van der Waals surface area contributed by atoms with Gasteiger partial charge < -0.3 is 21.5 Å². The van der Waals surface area contributed by atoms with Crippen molar-refractivity contribution < 1.29 is 14.3 Å². The molecule has 0 unspecified atom stereocenters. The predicted molar refractivity (Wildman–Crippen MR) is 109 cm³/mol. The van der Waals surface area contributed by atoms with Crippen LogP contribution in [-0.2, 0) is 4.79 Å². The second-order valence-corrected chi connectivity index (χ2v) is 9.29. The Morgan fingerprint density at radius 2 is 2.21 bits per heavy atom. The number of aromatic nitrogens is 2. The summed E-state index contributed by atoms with van der Waals surface area (Å²) in [6.07, 6.45) is 2.26. The van der Waals surface area contributed by atoms with Crippen LogP contribution in [0.4, 0.5) is 21.8 Å². The van der Waals surface area contributed by atoms with Gasteiger partial charge in [0.05, 0.1) is 18.2 Å². The van der Waals surface area contributed by atoms with Gasteiger partial charge in [0, 0.05) is 22.7 Å². The van der Waals surface area contributed by atoms with Gasteiger partial charge in [-0.3, -0.25) is 4.79 Å². The molecule has 1 aromatic heterocycles. The summed E-state index contributed by atoms with van der Waals surface area (Å²) in [5.41, 5.74) is 7.20. The van der Waals surface area contributed by atoms with E-state index in [0.29, 0.717) is 11.4 Å². The topological polar surface area (TPSA) is 113 Å². The average Bonchev–Trinajstić information content (AvgIpc) is 3.26. The van der Waals surface area contributed by atoms with Crippen LogP contribution in [0, 0.1) is 23.6 Å². The van der Waals surface area contributed by atoms with Crippen molar-refractivity contribution >= 4 is 35.1 Å². The minimum absolute atomic E-state index is 0.0725. The fraction of sp³-hybridized carbons (Fsp3) is 0.450. The molecule has 1 amide bonds. The van der Waals surface area contributed by atoms with Gasteiger partial charge in [-0.25, -0.2) is 9.37 Å². The maximum absolute atomic E-state index is 14.5. The van der Waals surface area contributed by atoms with Crippen LogP contribution in [-0.4, -0.2) is 38.0 Å². The van der Waals surface area contributed by atoms with E-state index in [2.05, 4.69) is 20.6 Å². The number of halogens is 1. The first-order chi connectivity index (χ1) is 14.0. The number of nitrogens with zero attached hydrogens (tertiary/aromatic N) is 2. The van der Waals surface area contributed by atoms with Crippen molar-refractivity contribution in [3.8, 4) is 0 Å². The Hall–Kier alpha value is -2.39. The van der Waals surface area contributed by atoms with Gasteiger partial charge in [0.15, 0.2) is 11.6 Å². The number of anilines is 3. The molecule has 6 bridgehead atoms. The summed E-state index contributed by atoms with van der Waals surface area (Å²) >= 11 is 1.71. The standard InChI is InChI=1S/C20H22FN5O2S/c21-13-7-23-20-24-11-3-1-2-9(4-11)14(27)8-29-15-6-10-5-12(15)17(16(10)18(22)28)25-19(13)26-20/h1-4,7,10,12,14-17,27H,5-6,8H2,(H2,22,28)(H2,23,24,25,26)/t10-,12-,14+,15-,16+,17-/m1/s1. The molecule has 2 aliphatic carbocycles. The molecule has 0 saturated heterocycles. The van der Waals surface area contributed by atoms with E-state index in [1.165, 1.54) is 0 Å². The number of nitrogens with one attached hydrogen (secondary N) is 2. The Balaban J connectivity index is 1.56. The largest absolute Gasteiger partial charge is 0.388 e. The van der Waals surface area contributed by atoms with Gasteiger partial charge in [-0.15, -0.1) is 0 Å². The summed E-state index contributed by atoms with van der Waals surface area (Å²) in [5.74, 6) is -0.0807. The Labute approximate surface area is 171 Å². The highest BCUT2D eigenvalue weighted by Crippen LogP contribution is 2.54. The third kappa shape index (κ3) is 3.32. The number of thioether (sulfide) groups is 1. The van der Waals surface area contributed by atoms with E-state index >= 15 is 0 Å². The quantitative estimate of drug-likeness (QED) is 0.566.